The van der Waals surface area contributed by atoms with Gasteiger partial charge in [0.05, 0.1) is 4.70 Å². The van der Waals surface area contributed by atoms with Gasteiger partial charge in [-0.25, -0.2) is 0 Å². The zero-order valence-electron chi connectivity index (χ0n) is 6.31. The molecule has 0 unspecified atom stereocenters. The number of carbonyl (C=O) groups excluding carboxylic acids is 1. The Balaban J connectivity index is 2.83. The first kappa shape index (κ1) is 7.30. The van der Waals surface area contributed by atoms with Gasteiger partial charge in [0.2, 0.25) is 0 Å². The average molecular weight is 182 g/mol. The van der Waals surface area contributed by atoms with Crippen molar-refractivity contribution in [3.05, 3.63) is 17.1 Å². The zero-order valence-corrected chi connectivity index (χ0v) is 7.13. The first-order valence-corrected chi connectivity index (χ1v) is 4.24. The molecule has 0 radical (unpaired) electrons. The van der Waals surface area contributed by atoms with E-state index in [4.69, 9.17) is 0 Å². The molecule has 0 spiro atoms. The van der Waals surface area contributed by atoms with Crippen molar-refractivity contribution in [2.45, 2.75) is 6.92 Å². The van der Waals surface area contributed by atoms with Crippen molar-refractivity contribution >= 4 is 27.3 Å². The number of carbonyl (C=O) groups is 1. The number of fused-ring (bicyclic) bond motifs is 1. The summed E-state index contributed by atoms with van der Waals surface area (Å²) in [5.74, 6) is -0.129. The van der Waals surface area contributed by atoms with E-state index in [9.17, 15) is 10.0 Å². The molecule has 0 aromatic carbocycles. The molecule has 4 nitrogen and oxygen atoms in total. The maximum atomic E-state index is 11.0. The summed E-state index contributed by atoms with van der Waals surface area (Å²) in [6, 6.07) is 1.72. The number of hydrogen-bond acceptors (Lipinski definition) is 4. The number of thiophene rings is 1. The monoisotopic (exact) mass is 182 g/mol. The van der Waals surface area contributed by atoms with Crippen LogP contribution in [0.4, 0.5) is 0 Å². The maximum Gasteiger partial charge on any atom is 0.181 e. The lowest BCUT2D eigenvalue weighted by atomic mass is 10.3. The first-order valence-electron chi connectivity index (χ1n) is 3.36. The highest BCUT2D eigenvalue weighted by atomic mass is 32.1. The molecular weight excluding hydrogens is 176 g/mol. The van der Waals surface area contributed by atoms with Gasteiger partial charge in [0.25, 0.3) is 0 Å². The van der Waals surface area contributed by atoms with Crippen molar-refractivity contribution in [3.63, 3.8) is 0 Å². The Morgan fingerprint density at radius 2 is 2.50 bits per heavy atom. The summed E-state index contributed by atoms with van der Waals surface area (Å²) in [4.78, 5) is 11.7. The topological polar surface area (TPSA) is 55.1 Å². The van der Waals surface area contributed by atoms with Crippen LogP contribution in [0.15, 0.2) is 11.4 Å². The third kappa shape index (κ3) is 0.831. The fourth-order valence-corrected chi connectivity index (χ4v) is 1.96. The fourth-order valence-electron chi connectivity index (χ4n) is 1.06. The van der Waals surface area contributed by atoms with E-state index < -0.39 is 0 Å². The molecule has 2 aromatic rings. The molecule has 0 aliphatic carbocycles. The third-order valence-corrected chi connectivity index (χ3v) is 2.51. The SMILES string of the molecule is CC(=O)c1nn(O)c2ccsc12. The van der Waals surface area contributed by atoms with Crippen LogP contribution in [0.25, 0.3) is 10.2 Å². The van der Waals surface area contributed by atoms with Crippen molar-refractivity contribution in [2.75, 3.05) is 0 Å². The molecule has 62 valence electrons. The Bertz CT molecular complexity index is 443. The Morgan fingerprint density at radius 1 is 1.75 bits per heavy atom. The van der Waals surface area contributed by atoms with Crippen LogP contribution in [0.5, 0.6) is 0 Å². The average Bonchev–Trinajstić information content (AvgIpc) is 2.53. The molecule has 0 atom stereocenters. The van der Waals surface area contributed by atoms with Crippen LogP contribution in [0, 0.1) is 0 Å². The summed E-state index contributed by atoms with van der Waals surface area (Å²) in [6.45, 7) is 1.43. The number of rotatable bonds is 1. The highest BCUT2D eigenvalue weighted by molar-refractivity contribution is 7.17. The van der Waals surface area contributed by atoms with Crippen LogP contribution in [0.2, 0.25) is 0 Å². The van der Waals surface area contributed by atoms with E-state index in [0.29, 0.717) is 11.2 Å². The van der Waals surface area contributed by atoms with Crippen molar-refractivity contribution in [3.8, 4) is 0 Å². The molecule has 2 aromatic heterocycles. The Hall–Kier alpha value is -1.36. The molecule has 2 heterocycles. The predicted molar refractivity (Wildman–Crippen MR) is 44.8 cm³/mol. The summed E-state index contributed by atoms with van der Waals surface area (Å²) in [5, 5.41) is 14.7. The van der Waals surface area contributed by atoms with Crippen LogP contribution in [0.3, 0.4) is 0 Å². The molecule has 0 aliphatic rings. The van der Waals surface area contributed by atoms with E-state index >= 15 is 0 Å². The molecule has 12 heavy (non-hydrogen) atoms. The van der Waals surface area contributed by atoms with Crippen molar-refractivity contribution in [1.29, 1.82) is 0 Å². The van der Waals surface area contributed by atoms with Gasteiger partial charge >= 0.3 is 0 Å². The van der Waals surface area contributed by atoms with Crippen LogP contribution in [-0.2, 0) is 0 Å². The fraction of sp³-hybridized carbons (Fsp3) is 0.143. The number of nitrogens with zero attached hydrogens (tertiary/aromatic N) is 2. The highest BCUT2D eigenvalue weighted by Gasteiger charge is 2.14. The van der Waals surface area contributed by atoms with E-state index in [1.54, 1.807) is 6.07 Å². The van der Waals surface area contributed by atoms with E-state index in [2.05, 4.69) is 5.10 Å². The zero-order chi connectivity index (χ0) is 8.72. The van der Waals surface area contributed by atoms with Crippen LogP contribution in [0.1, 0.15) is 17.4 Å². The summed E-state index contributed by atoms with van der Waals surface area (Å²) in [5.41, 5.74) is 0.924. The van der Waals surface area contributed by atoms with Crippen molar-refractivity contribution < 1.29 is 10.0 Å². The van der Waals surface area contributed by atoms with Crippen LogP contribution < -0.4 is 0 Å². The van der Waals surface area contributed by atoms with E-state index in [-0.39, 0.29) is 5.78 Å². The number of Topliss-reactive ketones (excluding diaryl/α,β-unsaturated/α-hetero) is 1. The molecule has 5 heteroatoms. The summed E-state index contributed by atoms with van der Waals surface area (Å²) in [7, 11) is 0. The lowest BCUT2D eigenvalue weighted by Crippen LogP contribution is -1.97. The lowest BCUT2D eigenvalue weighted by Gasteiger charge is -1.85. The minimum Gasteiger partial charge on any atom is -0.411 e. The van der Waals surface area contributed by atoms with E-state index in [1.165, 1.54) is 18.3 Å². The van der Waals surface area contributed by atoms with E-state index in [0.717, 1.165) is 9.55 Å². The molecular formula is C7H6N2O2S. The molecule has 0 bridgehead atoms. The van der Waals surface area contributed by atoms with Gasteiger partial charge in [-0.15, -0.1) is 16.4 Å². The van der Waals surface area contributed by atoms with Gasteiger partial charge in [-0.05, 0) is 11.4 Å². The summed E-state index contributed by atoms with van der Waals surface area (Å²) < 4.78 is 0.741. The largest absolute Gasteiger partial charge is 0.411 e. The van der Waals surface area contributed by atoms with Crippen molar-refractivity contribution in [1.82, 2.24) is 9.94 Å². The Kier molecular flexibility index (Phi) is 1.41. The minimum atomic E-state index is -0.129. The van der Waals surface area contributed by atoms with Gasteiger partial charge < -0.3 is 5.21 Å². The highest BCUT2D eigenvalue weighted by Crippen LogP contribution is 2.23. The number of ketones is 1. The maximum absolute atomic E-state index is 11.0. The summed E-state index contributed by atoms with van der Waals surface area (Å²) >= 11 is 1.40. The lowest BCUT2D eigenvalue weighted by molar-refractivity contribution is 0.0997. The Labute approximate surface area is 72.0 Å². The van der Waals surface area contributed by atoms with E-state index in [1.807, 2.05) is 5.38 Å². The van der Waals surface area contributed by atoms with Gasteiger partial charge in [-0.3, -0.25) is 4.79 Å². The van der Waals surface area contributed by atoms with Gasteiger partial charge in [0.1, 0.15) is 11.2 Å². The molecule has 0 fully saturated rings. The van der Waals surface area contributed by atoms with Crippen LogP contribution in [-0.4, -0.2) is 20.9 Å². The van der Waals surface area contributed by atoms with Gasteiger partial charge in [-0.2, -0.15) is 0 Å². The molecule has 0 saturated carbocycles. The standard InChI is InChI=1S/C7H6N2O2S/c1-4(10)6-7-5(2-3-12-7)9(11)8-6/h2-3,11H,1H3. The first-order chi connectivity index (χ1) is 5.70. The quantitative estimate of drug-likeness (QED) is 0.537. The third-order valence-electron chi connectivity index (χ3n) is 1.60. The van der Waals surface area contributed by atoms with Crippen LogP contribution >= 0.6 is 11.3 Å². The smallest absolute Gasteiger partial charge is 0.181 e. The number of hydrogen-bond donors (Lipinski definition) is 1. The van der Waals surface area contributed by atoms with Gasteiger partial charge in [-0.1, -0.05) is 4.85 Å². The normalized spacial score (nSPS) is 10.8. The number of aromatic nitrogens is 2. The molecule has 2 rings (SSSR count). The van der Waals surface area contributed by atoms with Gasteiger partial charge in [0.15, 0.2) is 5.78 Å². The molecule has 0 aliphatic heterocycles. The molecule has 1 N–H and O–H groups in total. The second-order valence-electron chi connectivity index (χ2n) is 2.43. The second-order valence-corrected chi connectivity index (χ2v) is 3.35. The summed E-state index contributed by atoms with van der Waals surface area (Å²) in [6.07, 6.45) is 0. The molecule has 0 saturated heterocycles. The molecule has 0 amide bonds. The second kappa shape index (κ2) is 2.31. The minimum absolute atomic E-state index is 0.129. The van der Waals surface area contributed by atoms with Crippen molar-refractivity contribution in [2.24, 2.45) is 0 Å². The van der Waals surface area contributed by atoms with Gasteiger partial charge in [0, 0.05) is 6.92 Å². The Morgan fingerprint density at radius 3 is 3.17 bits per heavy atom. The predicted octanol–water partition coefficient (Wildman–Crippen LogP) is 1.54.